The molecular weight excluding hydrogens is 442 g/mol. The van der Waals surface area contributed by atoms with Gasteiger partial charge < -0.3 is 9.64 Å². The van der Waals surface area contributed by atoms with Crippen molar-refractivity contribution in [3.63, 3.8) is 0 Å². The van der Waals surface area contributed by atoms with Gasteiger partial charge in [0.15, 0.2) is 6.61 Å². The zero-order valence-electron chi connectivity index (χ0n) is 18.0. The van der Waals surface area contributed by atoms with Crippen molar-refractivity contribution in [1.29, 1.82) is 0 Å². The zero-order chi connectivity index (χ0) is 23.9. The highest BCUT2D eigenvalue weighted by atomic mass is 32.2. The van der Waals surface area contributed by atoms with Gasteiger partial charge in [-0.2, -0.15) is 4.72 Å². The summed E-state index contributed by atoms with van der Waals surface area (Å²) in [6, 6.07) is 9.23. The van der Waals surface area contributed by atoms with Gasteiger partial charge in [0.05, 0.1) is 0 Å². The van der Waals surface area contributed by atoms with Gasteiger partial charge in [-0.1, -0.05) is 38.1 Å². The lowest BCUT2D eigenvalue weighted by Crippen LogP contribution is -2.46. The van der Waals surface area contributed by atoms with E-state index in [0.717, 1.165) is 12.1 Å². The minimum atomic E-state index is -4.34. The van der Waals surface area contributed by atoms with Gasteiger partial charge in [0.2, 0.25) is 10.0 Å². The van der Waals surface area contributed by atoms with E-state index in [1.807, 2.05) is 0 Å². The Morgan fingerprint density at radius 1 is 1.09 bits per heavy atom. The minimum Gasteiger partial charge on any atom is -0.454 e. The Balaban J connectivity index is 2.04. The first-order valence-corrected chi connectivity index (χ1v) is 11.5. The first-order chi connectivity index (χ1) is 15.0. The van der Waals surface area contributed by atoms with Gasteiger partial charge in [0.1, 0.15) is 22.6 Å². The van der Waals surface area contributed by atoms with Crippen molar-refractivity contribution in [3.05, 3.63) is 65.7 Å². The summed E-state index contributed by atoms with van der Waals surface area (Å²) >= 11 is 0. The van der Waals surface area contributed by atoms with E-state index in [2.05, 4.69) is 4.72 Å². The summed E-state index contributed by atoms with van der Waals surface area (Å²) in [7, 11) is -4.34. The predicted molar refractivity (Wildman–Crippen MR) is 114 cm³/mol. The van der Waals surface area contributed by atoms with Gasteiger partial charge in [-0.05, 0) is 42.7 Å². The average molecular weight is 469 g/mol. The Morgan fingerprint density at radius 2 is 1.78 bits per heavy atom. The molecule has 0 aliphatic heterocycles. The maximum absolute atomic E-state index is 13.9. The van der Waals surface area contributed by atoms with Crippen molar-refractivity contribution in [1.82, 2.24) is 9.62 Å². The molecule has 0 bridgehead atoms. The van der Waals surface area contributed by atoms with E-state index in [9.17, 15) is 26.8 Å². The molecule has 0 saturated carbocycles. The summed E-state index contributed by atoms with van der Waals surface area (Å²) in [6.07, 6.45) is 0. The highest BCUT2D eigenvalue weighted by Gasteiger charge is 2.31. The maximum Gasteiger partial charge on any atom is 0.324 e. The number of benzene rings is 2. The topological polar surface area (TPSA) is 92.8 Å². The number of sulfonamides is 1. The number of ether oxygens (including phenoxy) is 1. The fraction of sp³-hybridized carbons (Fsp3) is 0.364. The predicted octanol–water partition coefficient (Wildman–Crippen LogP) is 2.86. The van der Waals surface area contributed by atoms with Crippen LogP contribution < -0.4 is 4.72 Å². The third-order valence-electron chi connectivity index (χ3n) is 4.66. The molecule has 2 aromatic carbocycles. The maximum atomic E-state index is 13.9. The molecule has 0 saturated heterocycles. The van der Waals surface area contributed by atoms with E-state index < -0.39 is 57.0 Å². The molecule has 0 heterocycles. The molecule has 1 atom stereocenters. The molecule has 2 rings (SSSR count). The lowest BCUT2D eigenvalue weighted by atomic mass is 10.1. The van der Waals surface area contributed by atoms with Crippen molar-refractivity contribution in [3.8, 4) is 0 Å². The Kier molecular flexibility index (Phi) is 8.85. The van der Waals surface area contributed by atoms with Crippen LogP contribution in [0.2, 0.25) is 0 Å². The molecule has 32 heavy (non-hydrogen) atoms. The number of hydrogen-bond donors (Lipinski definition) is 1. The van der Waals surface area contributed by atoms with E-state index in [1.54, 1.807) is 26.8 Å². The van der Waals surface area contributed by atoms with Crippen LogP contribution in [0.4, 0.5) is 8.78 Å². The molecule has 7 nitrogen and oxygen atoms in total. The molecule has 0 spiro atoms. The lowest BCUT2D eigenvalue weighted by molar-refractivity contribution is -0.154. The van der Waals surface area contributed by atoms with Gasteiger partial charge in [0.25, 0.3) is 5.91 Å². The van der Waals surface area contributed by atoms with E-state index in [4.69, 9.17) is 4.74 Å². The Bertz CT molecular complexity index is 1060. The van der Waals surface area contributed by atoms with Crippen LogP contribution in [0.25, 0.3) is 0 Å². The molecule has 0 aliphatic rings. The molecule has 0 fully saturated rings. The summed E-state index contributed by atoms with van der Waals surface area (Å²) in [5.74, 6) is -3.41. The van der Waals surface area contributed by atoms with Crippen LogP contribution in [-0.4, -0.2) is 44.4 Å². The smallest absolute Gasteiger partial charge is 0.324 e. The highest BCUT2D eigenvalue weighted by Crippen LogP contribution is 2.16. The van der Waals surface area contributed by atoms with Gasteiger partial charge >= 0.3 is 5.97 Å². The number of esters is 1. The minimum absolute atomic E-state index is 0.123. The fourth-order valence-corrected chi connectivity index (χ4v) is 4.31. The quantitative estimate of drug-likeness (QED) is 0.542. The van der Waals surface area contributed by atoms with Gasteiger partial charge in [-0.25, -0.2) is 17.2 Å². The van der Waals surface area contributed by atoms with E-state index >= 15 is 0 Å². The number of likely N-dealkylation sites (N-methyl/N-ethyl adjacent to an activating group) is 1. The van der Waals surface area contributed by atoms with Crippen LogP contribution in [0, 0.1) is 17.6 Å². The number of halogens is 2. The molecule has 10 heteroatoms. The zero-order valence-corrected chi connectivity index (χ0v) is 18.9. The van der Waals surface area contributed by atoms with Crippen molar-refractivity contribution >= 4 is 21.9 Å². The van der Waals surface area contributed by atoms with Crippen molar-refractivity contribution in [2.45, 2.75) is 38.3 Å². The van der Waals surface area contributed by atoms with Crippen LogP contribution >= 0.6 is 0 Å². The van der Waals surface area contributed by atoms with Crippen molar-refractivity contribution in [2.75, 3.05) is 13.2 Å². The number of rotatable bonds is 10. The molecule has 1 N–H and O–H groups in total. The molecule has 2 aromatic rings. The number of nitrogens with one attached hydrogen (secondary N) is 1. The van der Waals surface area contributed by atoms with E-state index in [0.29, 0.717) is 12.1 Å². The third-order valence-corrected chi connectivity index (χ3v) is 6.14. The molecule has 0 aliphatic carbocycles. The number of nitrogens with zero attached hydrogens (tertiary/aromatic N) is 1. The SMILES string of the molecule is CCN(Cc1cccc(F)c1)C(=O)COC(=O)[C@@H](NS(=O)(=O)c1ccccc1F)C(C)C. The molecular formula is C22H26F2N2O5S. The average Bonchev–Trinajstić information content (AvgIpc) is 2.74. The second kappa shape index (κ2) is 11.1. The first kappa shape index (κ1) is 25.4. The van der Waals surface area contributed by atoms with Gasteiger partial charge in [0, 0.05) is 13.1 Å². The van der Waals surface area contributed by atoms with Crippen LogP contribution in [0.5, 0.6) is 0 Å². The number of carbonyl (C=O) groups is 2. The largest absolute Gasteiger partial charge is 0.454 e. The number of carbonyl (C=O) groups excluding carboxylic acids is 2. The van der Waals surface area contributed by atoms with Crippen LogP contribution in [0.3, 0.4) is 0 Å². The molecule has 174 valence electrons. The summed E-state index contributed by atoms with van der Waals surface area (Å²) < 4.78 is 59.6. The van der Waals surface area contributed by atoms with E-state index in [1.165, 1.54) is 35.2 Å². The first-order valence-electron chi connectivity index (χ1n) is 10.0. The van der Waals surface area contributed by atoms with Gasteiger partial charge in [-0.3, -0.25) is 9.59 Å². The Hall–Kier alpha value is -2.85. The van der Waals surface area contributed by atoms with Crippen molar-refractivity contribution < 1.29 is 31.5 Å². The van der Waals surface area contributed by atoms with Gasteiger partial charge in [-0.15, -0.1) is 0 Å². The fourth-order valence-electron chi connectivity index (χ4n) is 2.90. The standard InChI is InChI=1S/C22H26F2N2O5S/c1-4-26(13-16-8-7-9-17(23)12-16)20(27)14-31-22(28)21(15(2)3)25-32(29,30)19-11-6-5-10-18(19)24/h5-12,15,21,25H,4,13-14H2,1-3H3/t21-/m0/s1. The summed E-state index contributed by atoms with van der Waals surface area (Å²) in [6.45, 7) is 4.68. The normalized spacial score (nSPS) is 12.4. The molecule has 1 amide bonds. The lowest BCUT2D eigenvalue weighted by Gasteiger charge is -2.23. The van der Waals surface area contributed by atoms with Crippen LogP contribution in [0.15, 0.2) is 53.4 Å². The number of hydrogen-bond acceptors (Lipinski definition) is 5. The second-order valence-corrected chi connectivity index (χ2v) is 9.10. The highest BCUT2D eigenvalue weighted by molar-refractivity contribution is 7.89. The van der Waals surface area contributed by atoms with Crippen LogP contribution in [-0.2, 0) is 30.9 Å². The molecule has 0 radical (unpaired) electrons. The summed E-state index contributed by atoms with van der Waals surface area (Å²) in [5, 5.41) is 0. The summed E-state index contributed by atoms with van der Waals surface area (Å²) in [5.41, 5.74) is 0.573. The van der Waals surface area contributed by atoms with Crippen molar-refractivity contribution in [2.24, 2.45) is 5.92 Å². The second-order valence-electron chi connectivity index (χ2n) is 7.42. The Labute approximate surface area is 186 Å². The molecule has 0 aromatic heterocycles. The third kappa shape index (κ3) is 6.83. The Morgan fingerprint density at radius 3 is 2.38 bits per heavy atom. The van der Waals surface area contributed by atoms with E-state index in [-0.39, 0.29) is 6.54 Å². The van der Waals surface area contributed by atoms with Crippen LogP contribution in [0.1, 0.15) is 26.3 Å². The summed E-state index contributed by atoms with van der Waals surface area (Å²) in [4.78, 5) is 25.8. The monoisotopic (exact) mass is 468 g/mol. The molecule has 0 unspecified atom stereocenters. The number of amides is 1.